The van der Waals surface area contributed by atoms with Gasteiger partial charge in [0.05, 0.1) is 41.2 Å². The number of hydrogen-bond donors (Lipinski definition) is 2. The summed E-state index contributed by atoms with van der Waals surface area (Å²) in [6.45, 7) is 0. The Morgan fingerprint density at radius 1 is 0.784 bits per heavy atom. The van der Waals surface area contributed by atoms with Crippen LogP contribution in [0.4, 0.5) is 10.1 Å². The summed E-state index contributed by atoms with van der Waals surface area (Å²) in [5.74, 6) is 0.592. The summed E-state index contributed by atoms with van der Waals surface area (Å²) in [5.41, 5.74) is 1.85. The predicted octanol–water partition coefficient (Wildman–Crippen LogP) is 5.55. The number of aromatic hydroxyl groups is 1. The molecule has 0 atom stereocenters. The molecule has 37 heavy (non-hydrogen) atoms. The highest BCUT2D eigenvalue weighted by Gasteiger charge is 2.13. The van der Waals surface area contributed by atoms with Crippen molar-refractivity contribution in [2.45, 2.75) is 0 Å². The van der Waals surface area contributed by atoms with E-state index < -0.39 is 5.82 Å². The fraction of sp³-hybridized carbons (Fsp3) is 0.179. The maximum atomic E-state index is 14.8. The lowest BCUT2D eigenvalue weighted by molar-refractivity contribution is 0.104. The van der Waals surface area contributed by atoms with Gasteiger partial charge in [0.1, 0.15) is 0 Å². The van der Waals surface area contributed by atoms with E-state index in [1.54, 1.807) is 30.4 Å². The van der Waals surface area contributed by atoms with Gasteiger partial charge in [-0.05, 0) is 53.6 Å². The van der Waals surface area contributed by atoms with Crippen LogP contribution in [0.2, 0.25) is 0 Å². The van der Waals surface area contributed by atoms with Crippen molar-refractivity contribution in [3.8, 4) is 34.5 Å². The second kappa shape index (κ2) is 12.3. The summed E-state index contributed by atoms with van der Waals surface area (Å²) in [4.78, 5) is 12.5. The Labute approximate surface area is 214 Å². The minimum Gasteiger partial charge on any atom is -0.504 e. The number of allylic oxidation sites excluding steroid dienone is 1. The maximum absolute atomic E-state index is 14.8. The number of phenols is 1. The number of ketones is 1. The third-order valence-electron chi connectivity index (χ3n) is 5.36. The lowest BCUT2D eigenvalue weighted by Crippen LogP contribution is -1.99. The first-order valence-electron chi connectivity index (χ1n) is 11.0. The maximum Gasteiger partial charge on any atom is 0.203 e. The van der Waals surface area contributed by atoms with E-state index in [4.69, 9.17) is 23.7 Å². The van der Waals surface area contributed by atoms with Crippen molar-refractivity contribution in [1.29, 1.82) is 0 Å². The molecule has 0 radical (unpaired) electrons. The number of ether oxygens (including phenoxy) is 5. The number of methoxy groups -OCH3 is 5. The van der Waals surface area contributed by atoms with Gasteiger partial charge < -0.3 is 34.1 Å². The number of carbonyl (C=O) groups is 1. The highest BCUT2D eigenvalue weighted by Crippen LogP contribution is 2.39. The van der Waals surface area contributed by atoms with E-state index in [0.29, 0.717) is 28.5 Å². The number of phenolic OH excluding ortho intramolecular Hbond substituents is 1. The fourth-order valence-corrected chi connectivity index (χ4v) is 3.56. The third kappa shape index (κ3) is 6.32. The molecule has 0 aliphatic carbocycles. The molecule has 0 fully saturated rings. The average Bonchev–Trinajstić information content (AvgIpc) is 2.90. The Balaban J connectivity index is 1.84. The van der Waals surface area contributed by atoms with Crippen molar-refractivity contribution in [2.24, 2.45) is 0 Å². The van der Waals surface area contributed by atoms with Gasteiger partial charge in [0.2, 0.25) is 5.75 Å². The lowest BCUT2D eigenvalue weighted by Gasteiger charge is -2.13. The Hall–Kier alpha value is -4.66. The van der Waals surface area contributed by atoms with Crippen LogP contribution in [0.15, 0.2) is 54.7 Å². The largest absolute Gasteiger partial charge is 0.504 e. The van der Waals surface area contributed by atoms with Crippen LogP contribution in [0.3, 0.4) is 0 Å². The minimum atomic E-state index is -0.586. The molecule has 3 rings (SSSR count). The van der Waals surface area contributed by atoms with Gasteiger partial charge in [-0.2, -0.15) is 0 Å². The number of carbonyl (C=O) groups excluding carboxylic acids is 1. The molecule has 0 saturated heterocycles. The van der Waals surface area contributed by atoms with Gasteiger partial charge in [0.25, 0.3) is 0 Å². The first kappa shape index (κ1) is 26.9. The van der Waals surface area contributed by atoms with Gasteiger partial charge in [0, 0.05) is 17.8 Å². The number of benzene rings is 3. The minimum absolute atomic E-state index is 0.0101. The van der Waals surface area contributed by atoms with E-state index in [2.05, 4.69) is 5.32 Å². The molecule has 0 heterocycles. The van der Waals surface area contributed by atoms with Gasteiger partial charge >= 0.3 is 0 Å². The molecular weight excluding hydrogens is 481 g/mol. The normalized spacial score (nSPS) is 11.0. The summed E-state index contributed by atoms with van der Waals surface area (Å²) in [6, 6.07) is 10.9. The van der Waals surface area contributed by atoms with Crippen molar-refractivity contribution < 1.29 is 38.0 Å². The molecule has 2 N–H and O–H groups in total. The van der Waals surface area contributed by atoms with E-state index in [-0.39, 0.29) is 28.6 Å². The SMILES string of the molecule is COc1ccc(C(=O)C=CNc2cc(C=Cc3cc(OC)c(OC)c(OC)c3)cc(F)c2OC)cc1O. The lowest BCUT2D eigenvalue weighted by atomic mass is 10.1. The van der Waals surface area contributed by atoms with Crippen molar-refractivity contribution >= 4 is 23.6 Å². The molecule has 0 aromatic heterocycles. The Bertz CT molecular complexity index is 1310. The van der Waals surface area contributed by atoms with E-state index in [9.17, 15) is 14.3 Å². The molecule has 0 amide bonds. The van der Waals surface area contributed by atoms with Gasteiger partial charge in [-0.15, -0.1) is 0 Å². The zero-order valence-electron chi connectivity index (χ0n) is 21.1. The van der Waals surface area contributed by atoms with Crippen LogP contribution in [0.5, 0.6) is 34.5 Å². The van der Waals surface area contributed by atoms with Crippen LogP contribution >= 0.6 is 0 Å². The van der Waals surface area contributed by atoms with E-state index in [1.807, 2.05) is 0 Å². The van der Waals surface area contributed by atoms with Crippen LogP contribution < -0.4 is 29.0 Å². The Morgan fingerprint density at radius 3 is 1.92 bits per heavy atom. The van der Waals surface area contributed by atoms with Gasteiger partial charge in [-0.3, -0.25) is 4.79 Å². The van der Waals surface area contributed by atoms with Crippen molar-refractivity contribution in [3.63, 3.8) is 0 Å². The Morgan fingerprint density at radius 2 is 1.38 bits per heavy atom. The summed E-state index contributed by atoms with van der Waals surface area (Å²) >= 11 is 0. The average molecular weight is 510 g/mol. The second-order valence-electron chi connectivity index (χ2n) is 7.60. The van der Waals surface area contributed by atoms with Crippen LogP contribution in [-0.2, 0) is 0 Å². The molecule has 0 aliphatic rings. The standard InChI is InChI=1S/C28H28FNO7/c1-33-24-9-8-19(16-23(24)32)22(31)10-11-30-21-13-17(12-20(29)27(21)36-4)6-7-18-14-25(34-2)28(37-5)26(15-18)35-3/h6-16,30,32H,1-5H3. The molecule has 0 unspecified atom stereocenters. The monoisotopic (exact) mass is 509 g/mol. The van der Waals surface area contributed by atoms with Gasteiger partial charge in [-0.25, -0.2) is 4.39 Å². The van der Waals surface area contributed by atoms with Crippen LogP contribution in [0.25, 0.3) is 12.2 Å². The summed E-state index contributed by atoms with van der Waals surface area (Å²) in [7, 11) is 7.34. The molecule has 3 aromatic carbocycles. The molecule has 9 heteroatoms. The molecule has 8 nitrogen and oxygen atoms in total. The predicted molar refractivity (Wildman–Crippen MR) is 140 cm³/mol. The summed E-state index contributed by atoms with van der Waals surface area (Å²) < 4.78 is 41.0. The number of hydrogen-bond acceptors (Lipinski definition) is 8. The number of rotatable bonds is 11. The van der Waals surface area contributed by atoms with Crippen LogP contribution in [0, 0.1) is 5.82 Å². The van der Waals surface area contributed by atoms with E-state index in [0.717, 1.165) is 5.56 Å². The molecule has 194 valence electrons. The molecule has 0 bridgehead atoms. The van der Waals surface area contributed by atoms with Gasteiger partial charge in [-0.1, -0.05) is 12.2 Å². The third-order valence-corrected chi connectivity index (χ3v) is 5.36. The van der Waals surface area contributed by atoms with Crippen molar-refractivity contribution in [3.05, 3.63) is 77.2 Å². The zero-order chi connectivity index (χ0) is 26.9. The first-order valence-corrected chi connectivity index (χ1v) is 11.0. The second-order valence-corrected chi connectivity index (χ2v) is 7.60. The molecule has 0 spiro atoms. The van der Waals surface area contributed by atoms with Crippen molar-refractivity contribution in [2.75, 3.05) is 40.9 Å². The number of halogens is 1. The van der Waals surface area contributed by atoms with Crippen LogP contribution in [-0.4, -0.2) is 46.4 Å². The summed E-state index contributed by atoms with van der Waals surface area (Å²) in [5, 5.41) is 12.8. The quantitative estimate of drug-likeness (QED) is 0.197. The first-order chi connectivity index (χ1) is 17.8. The number of anilines is 1. The highest BCUT2D eigenvalue weighted by atomic mass is 19.1. The van der Waals surface area contributed by atoms with Crippen molar-refractivity contribution in [1.82, 2.24) is 0 Å². The molecule has 0 saturated carbocycles. The van der Waals surface area contributed by atoms with Crippen LogP contribution in [0.1, 0.15) is 21.5 Å². The molecule has 3 aromatic rings. The molecular formula is C28H28FNO7. The highest BCUT2D eigenvalue weighted by molar-refractivity contribution is 6.05. The zero-order valence-corrected chi connectivity index (χ0v) is 21.1. The topological polar surface area (TPSA) is 95.5 Å². The number of nitrogens with one attached hydrogen (secondary N) is 1. The summed E-state index contributed by atoms with van der Waals surface area (Å²) in [6.07, 6.45) is 6.11. The van der Waals surface area contributed by atoms with Gasteiger partial charge in [0.15, 0.2) is 40.3 Å². The smallest absolute Gasteiger partial charge is 0.203 e. The van der Waals surface area contributed by atoms with E-state index >= 15 is 0 Å². The fourth-order valence-electron chi connectivity index (χ4n) is 3.56. The van der Waals surface area contributed by atoms with E-state index in [1.165, 1.54) is 72.1 Å². The Kier molecular flexibility index (Phi) is 8.99. The molecule has 0 aliphatic heterocycles.